The lowest BCUT2D eigenvalue weighted by Crippen LogP contribution is -2.41. The van der Waals surface area contributed by atoms with Crippen LogP contribution >= 0.6 is 15.9 Å². The molecule has 0 saturated carbocycles. The average Bonchev–Trinajstić information content (AvgIpc) is 3.04. The van der Waals surface area contributed by atoms with Crippen LogP contribution in [0.25, 0.3) is 0 Å². The van der Waals surface area contributed by atoms with Gasteiger partial charge in [0.1, 0.15) is 0 Å². The van der Waals surface area contributed by atoms with Gasteiger partial charge in [0.05, 0.1) is 23.2 Å². The van der Waals surface area contributed by atoms with Crippen molar-refractivity contribution in [3.8, 4) is 0 Å². The monoisotopic (exact) mass is 470 g/mol. The summed E-state index contributed by atoms with van der Waals surface area (Å²) in [6.07, 6.45) is -0.287. The third-order valence-corrected chi connectivity index (χ3v) is 5.57. The second-order valence-electron chi connectivity index (χ2n) is 8.28. The number of carboxylic acids is 1. The minimum atomic E-state index is -1.21. The summed E-state index contributed by atoms with van der Waals surface area (Å²) in [6.45, 7) is 5.65. The van der Waals surface area contributed by atoms with E-state index in [9.17, 15) is 19.5 Å². The van der Waals surface area contributed by atoms with Crippen LogP contribution in [0.5, 0.6) is 0 Å². The van der Waals surface area contributed by atoms with Crippen LogP contribution in [0.2, 0.25) is 0 Å². The molecule has 1 N–H and O–H groups in total. The zero-order valence-electron chi connectivity index (χ0n) is 17.0. The molecule has 0 unspecified atom stereocenters. The van der Waals surface area contributed by atoms with E-state index in [1.54, 1.807) is 48.5 Å². The second kappa shape index (κ2) is 8.52. The summed E-state index contributed by atoms with van der Waals surface area (Å²) in [5, 5.41) is 15.7. The van der Waals surface area contributed by atoms with Crippen molar-refractivity contribution in [2.24, 2.45) is 22.4 Å². The Balaban J connectivity index is 1.96. The SMILES string of the molecule is CC(C)(C)C1=NN(c2ccccc2)C(=O)[C@H]1[C@@H](CC(=O)c1ccc(Br)cc1)C(=O)O. The summed E-state index contributed by atoms with van der Waals surface area (Å²) in [6, 6.07) is 15.6. The number of ketones is 1. The number of amides is 1. The normalized spacial score (nSPS) is 17.6. The molecule has 1 aliphatic rings. The van der Waals surface area contributed by atoms with Gasteiger partial charge in [-0.3, -0.25) is 14.4 Å². The quantitative estimate of drug-likeness (QED) is 0.614. The molecule has 0 spiro atoms. The first-order valence-electron chi connectivity index (χ1n) is 9.59. The molecule has 3 rings (SSSR count). The Morgan fingerprint density at radius 3 is 2.23 bits per heavy atom. The van der Waals surface area contributed by atoms with E-state index < -0.39 is 29.1 Å². The van der Waals surface area contributed by atoms with E-state index in [4.69, 9.17) is 0 Å². The predicted molar refractivity (Wildman–Crippen MR) is 119 cm³/mol. The number of nitrogens with zero attached hydrogens (tertiary/aromatic N) is 2. The maximum Gasteiger partial charge on any atom is 0.308 e. The third-order valence-electron chi connectivity index (χ3n) is 5.04. The molecule has 2 atom stereocenters. The summed E-state index contributed by atoms with van der Waals surface area (Å²) in [5.41, 5.74) is 0.893. The highest BCUT2D eigenvalue weighted by molar-refractivity contribution is 9.10. The minimum absolute atomic E-state index is 0.287. The molecule has 1 amide bonds. The molecule has 2 aromatic carbocycles. The summed E-state index contributed by atoms with van der Waals surface area (Å²) < 4.78 is 0.820. The van der Waals surface area contributed by atoms with Crippen LogP contribution in [-0.4, -0.2) is 28.5 Å². The molecule has 0 fully saturated rings. The number of rotatable bonds is 6. The molecule has 0 saturated heterocycles. The van der Waals surface area contributed by atoms with Crippen LogP contribution < -0.4 is 5.01 Å². The Hall–Kier alpha value is -2.80. The second-order valence-corrected chi connectivity index (χ2v) is 9.19. The number of benzene rings is 2. The van der Waals surface area contributed by atoms with Crippen molar-refractivity contribution < 1.29 is 19.5 Å². The number of hydrogen-bond acceptors (Lipinski definition) is 4. The van der Waals surface area contributed by atoms with Gasteiger partial charge >= 0.3 is 5.97 Å². The van der Waals surface area contributed by atoms with Crippen molar-refractivity contribution >= 4 is 45.0 Å². The third kappa shape index (κ3) is 4.51. The fraction of sp³-hybridized carbons (Fsp3) is 0.304. The summed E-state index contributed by atoms with van der Waals surface area (Å²) >= 11 is 3.32. The fourth-order valence-electron chi connectivity index (χ4n) is 3.50. The Bertz CT molecular complexity index is 994. The van der Waals surface area contributed by atoms with Gasteiger partial charge in [-0.15, -0.1) is 0 Å². The number of carbonyl (C=O) groups excluding carboxylic acids is 2. The number of hydrazone groups is 1. The van der Waals surface area contributed by atoms with Crippen molar-refractivity contribution in [3.05, 3.63) is 64.6 Å². The highest BCUT2D eigenvalue weighted by Crippen LogP contribution is 2.37. The number of aliphatic carboxylic acids is 1. The van der Waals surface area contributed by atoms with E-state index in [0.29, 0.717) is 17.0 Å². The van der Waals surface area contributed by atoms with Crippen LogP contribution in [0, 0.1) is 17.3 Å². The van der Waals surface area contributed by atoms with Gasteiger partial charge in [0.2, 0.25) is 0 Å². The standard InChI is InChI=1S/C23H23BrN2O4/c1-23(2,3)20-19(21(28)26(25-20)16-7-5-4-6-8-16)17(22(29)30)13-18(27)14-9-11-15(24)12-10-14/h4-12,17,19H,13H2,1-3H3,(H,29,30)/t17-,19+/m1/s1. The Kier molecular flexibility index (Phi) is 6.22. The van der Waals surface area contributed by atoms with E-state index in [2.05, 4.69) is 21.0 Å². The first kappa shape index (κ1) is 21.9. The molecule has 1 heterocycles. The lowest BCUT2D eigenvalue weighted by molar-refractivity contribution is -0.144. The van der Waals surface area contributed by atoms with E-state index in [0.717, 1.165) is 4.47 Å². The van der Waals surface area contributed by atoms with Crippen LogP contribution in [0.3, 0.4) is 0 Å². The molecule has 0 bridgehead atoms. The van der Waals surface area contributed by atoms with Crippen LogP contribution in [0.1, 0.15) is 37.6 Å². The topological polar surface area (TPSA) is 87.0 Å². The van der Waals surface area contributed by atoms with Gasteiger partial charge in [-0.1, -0.05) is 67.0 Å². The number of para-hydroxylation sites is 1. The fourth-order valence-corrected chi connectivity index (χ4v) is 3.77. The lowest BCUT2D eigenvalue weighted by Gasteiger charge is -2.26. The van der Waals surface area contributed by atoms with Gasteiger partial charge in [0, 0.05) is 21.9 Å². The Morgan fingerprint density at radius 2 is 1.70 bits per heavy atom. The van der Waals surface area contributed by atoms with Crippen molar-refractivity contribution in [2.75, 3.05) is 5.01 Å². The van der Waals surface area contributed by atoms with Crippen LogP contribution in [0.15, 0.2) is 64.2 Å². The van der Waals surface area contributed by atoms with Gasteiger partial charge in [-0.05, 0) is 24.3 Å². The molecule has 0 aromatic heterocycles. The lowest BCUT2D eigenvalue weighted by atomic mass is 9.74. The zero-order chi connectivity index (χ0) is 22.1. The minimum Gasteiger partial charge on any atom is -0.481 e. The Labute approximate surface area is 183 Å². The van der Waals surface area contributed by atoms with Gasteiger partial charge in [0.25, 0.3) is 5.91 Å². The van der Waals surface area contributed by atoms with Gasteiger partial charge in [0.15, 0.2) is 5.78 Å². The molecule has 30 heavy (non-hydrogen) atoms. The van der Waals surface area contributed by atoms with Crippen molar-refractivity contribution in [1.82, 2.24) is 0 Å². The zero-order valence-corrected chi connectivity index (χ0v) is 18.6. The van der Waals surface area contributed by atoms with Gasteiger partial charge < -0.3 is 5.11 Å². The predicted octanol–water partition coefficient (Wildman–Crippen LogP) is 4.79. The molecular formula is C23H23BrN2O4. The van der Waals surface area contributed by atoms with Crippen molar-refractivity contribution in [3.63, 3.8) is 0 Å². The van der Waals surface area contributed by atoms with E-state index >= 15 is 0 Å². The number of Topliss-reactive ketones (excluding diaryl/α,β-unsaturated/α-hetero) is 1. The summed E-state index contributed by atoms with van der Waals surface area (Å²) in [7, 11) is 0. The van der Waals surface area contributed by atoms with E-state index in [1.165, 1.54) is 5.01 Å². The number of carbonyl (C=O) groups is 3. The first-order chi connectivity index (χ1) is 14.1. The van der Waals surface area contributed by atoms with E-state index in [-0.39, 0.29) is 12.2 Å². The summed E-state index contributed by atoms with van der Waals surface area (Å²) in [5.74, 6) is -4.16. The van der Waals surface area contributed by atoms with Gasteiger partial charge in [-0.25, -0.2) is 5.01 Å². The number of anilines is 1. The molecule has 2 aromatic rings. The Morgan fingerprint density at radius 1 is 1.10 bits per heavy atom. The van der Waals surface area contributed by atoms with E-state index in [1.807, 2.05) is 26.8 Å². The van der Waals surface area contributed by atoms with Crippen LogP contribution in [0.4, 0.5) is 5.69 Å². The molecule has 6 nitrogen and oxygen atoms in total. The average molecular weight is 471 g/mol. The highest BCUT2D eigenvalue weighted by atomic mass is 79.9. The summed E-state index contributed by atoms with van der Waals surface area (Å²) in [4.78, 5) is 38.3. The van der Waals surface area contributed by atoms with Crippen molar-refractivity contribution in [1.29, 1.82) is 0 Å². The number of hydrogen-bond donors (Lipinski definition) is 1. The molecule has 7 heteroatoms. The number of halogens is 1. The molecule has 156 valence electrons. The molecule has 0 radical (unpaired) electrons. The molecule has 1 aliphatic heterocycles. The van der Waals surface area contributed by atoms with Gasteiger partial charge in [-0.2, -0.15) is 5.10 Å². The molecule has 0 aliphatic carbocycles. The maximum absolute atomic E-state index is 13.3. The smallest absolute Gasteiger partial charge is 0.308 e. The highest BCUT2D eigenvalue weighted by Gasteiger charge is 2.48. The maximum atomic E-state index is 13.3. The first-order valence-corrected chi connectivity index (χ1v) is 10.4. The van der Waals surface area contributed by atoms with Crippen LogP contribution in [-0.2, 0) is 9.59 Å². The number of carboxylic acid groups (broad SMARTS) is 1. The molecular weight excluding hydrogens is 448 g/mol. The van der Waals surface area contributed by atoms with Crippen molar-refractivity contribution in [2.45, 2.75) is 27.2 Å². The largest absolute Gasteiger partial charge is 0.481 e.